The van der Waals surface area contributed by atoms with Gasteiger partial charge in [0.25, 0.3) is 11.5 Å². The summed E-state index contributed by atoms with van der Waals surface area (Å²) in [6, 6.07) is 11.9. The van der Waals surface area contributed by atoms with E-state index in [4.69, 9.17) is 9.15 Å². The lowest BCUT2D eigenvalue weighted by molar-refractivity contribution is 0.0908. The molecule has 0 saturated heterocycles. The number of ether oxygens (including phenoxy) is 1. The predicted octanol–water partition coefficient (Wildman–Crippen LogP) is 3.52. The third-order valence-electron chi connectivity index (χ3n) is 5.47. The van der Waals surface area contributed by atoms with Gasteiger partial charge in [0, 0.05) is 23.4 Å². The number of ketones is 1. The zero-order valence-corrected chi connectivity index (χ0v) is 17.7. The highest BCUT2D eigenvalue weighted by molar-refractivity contribution is 6.02. The van der Waals surface area contributed by atoms with E-state index in [-0.39, 0.29) is 23.3 Å². The number of carbonyl (C=O) groups is 2. The summed E-state index contributed by atoms with van der Waals surface area (Å²) in [6.07, 6.45) is 2.41. The quantitative estimate of drug-likeness (QED) is 0.682. The van der Waals surface area contributed by atoms with Gasteiger partial charge in [-0.05, 0) is 54.3 Å². The van der Waals surface area contributed by atoms with Gasteiger partial charge in [-0.25, -0.2) is 0 Å². The minimum absolute atomic E-state index is 0.0748. The fourth-order valence-corrected chi connectivity index (χ4v) is 3.96. The number of benzene rings is 1. The van der Waals surface area contributed by atoms with Crippen molar-refractivity contribution in [2.24, 2.45) is 5.41 Å². The Morgan fingerprint density at radius 3 is 2.55 bits per heavy atom. The standard InChI is InChI=1S/C24H24N2O5/c1-24(2)12-20-18(21(27)13-24)11-19(22(28)25-14-17-5-4-10-31-17)23(29)26(20)15-6-8-16(30-3)9-7-15/h4-11H,12-14H2,1-3H3,(H,25,28). The van der Waals surface area contributed by atoms with Gasteiger partial charge in [-0.3, -0.25) is 19.0 Å². The molecule has 0 atom stereocenters. The van der Waals surface area contributed by atoms with Crippen LogP contribution in [0.15, 0.2) is 57.9 Å². The van der Waals surface area contributed by atoms with Gasteiger partial charge in [-0.1, -0.05) is 13.8 Å². The number of amides is 1. The number of aromatic nitrogens is 1. The van der Waals surface area contributed by atoms with Crippen LogP contribution in [0.3, 0.4) is 0 Å². The van der Waals surface area contributed by atoms with Crippen molar-refractivity contribution in [2.45, 2.75) is 33.2 Å². The monoisotopic (exact) mass is 420 g/mol. The average Bonchev–Trinajstić information content (AvgIpc) is 3.25. The molecule has 3 aromatic rings. The van der Waals surface area contributed by atoms with Crippen LogP contribution in [-0.4, -0.2) is 23.4 Å². The van der Waals surface area contributed by atoms with Crippen molar-refractivity contribution >= 4 is 11.7 Å². The molecule has 7 nitrogen and oxygen atoms in total. The first-order valence-corrected chi connectivity index (χ1v) is 10.1. The number of methoxy groups -OCH3 is 1. The molecule has 0 saturated carbocycles. The van der Waals surface area contributed by atoms with Crippen molar-refractivity contribution in [3.05, 3.63) is 81.7 Å². The van der Waals surface area contributed by atoms with E-state index in [1.807, 2.05) is 13.8 Å². The molecule has 0 unspecified atom stereocenters. The van der Waals surface area contributed by atoms with E-state index >= 15 is 0 Å². The third kappa shape index (κ3) is 4.03. The van der Waals surface area contributed by atoms with Crippen LogP contribution in [0.5, 0.6) is 5.75 Å². The van der Waals surface area contributed by atoms with E-state index in [2.05, 4.69) is 5.32 Å². The van der Waals surface area contributed by atoms with E-state index in [1.165, 1.54) is 16.9 Å². The number of furan rings is 1. The van der Waals surface area contributed by atoms with Gasteiger partial charge in [-0.15, -0.1) is 0 Å². The SMILES string of the molecule is COc1ccc(-n2c3c(cc(C(=O)NCc4ccco4)c2=O)C(=O)CC(C)(C)C3)cc1. The van der Waals surface area contributed by atoms with E-state index < -0.39 is 11.5 Å². The first kappa shape index (κ1) is 20.7. The van der Waals surface area contributed by atoms with Crippen LogP contribution in [0.4, 0.5) is 0 Å². The summed E-state index contributed by atoms with van der Waals surface area (Å²) in [4.78, 5) is 39.3. The third-order valence-corrected chi connectivity index (χ3v) is 5.47. The second-order valence-corrected chi connectivity index (χ2v) is 8.46. The van der Waals surface area contributed by atoms with Crippen LogP contribution in [0, 0.1) is 5.41 Å². The van der Waals surface area contributed by atoms with Gasteiger partial charge in [-0.2, -0.15) is 0 Å². The summed E-state index contributed by atoms with van der Waals surface area (Å²) in [5.74, 6) is 0.590. The molecule has 0 aliphatic heterocycles. The van der Waals surface area contributed by atoms with Crippen molar-refractivity contribution in [1.82, 2.24) is 9.88 Å². The summed E-state index contributed by atoms with van der Waals surface area (Å²) in [6.45, 7) is 4.15. The first-order chi connectivity index (χ1) is 14.8. The molecule has 7 heteroatoms. The maximum Gasteiger partial charge on any atom is 0.268 e. The predicted molar refractivity (Wildman–Crippen MR) is 115 cm³/mol. The van der Waals surface area contributed by atoms with Gasteiger partial charge in [0.1, 0.15) is 17.1 Å². The van der Waals surface area contributed by atoms with Crippen molar-refractivity contribution in [3.8, 4) is 11.4 Å². The number of rotatable bonds is 5. The van der Waals surface area contributed by atoms with Crippen molar-refractivity contribution in [2.75, 3.05) is 7.11 Å². The fourth-order valence-electron chi connectivity index (χ4n) is 3.96. The maximum atomic E-state index is 13.5. The van der Waals surface area contributed by atoms with Crippen molar-refractivity contribution in [1.29, 1.82) is 0 Å². The molecule has 0 bridgehead atoms. The van der Waals surface area contributed by atoms with E-state index in [9.17, 15) is 14.4 Å². The Morgan fingerprint density at radius 2 is 1.90 bits per heavy atom. The Balaban J connectivity index is 1.83. The highest BCUT2D eigenvalue weighted by atomic mass is 16.5. The van der Waals surface area contributed by atoms with Crippen LogP contribution in [0.25, 0.3) is 5.69 Å². The summed E-state index contributed by atoms with van der Waals surface area (Å²) in [5, 5.41) is 2.70. The first-order valence-electron chi connectivity index (χ1n) is 10.1. The summed E-state index contributed by atoms with van der Waals surface area (Å²) in [5.41, 5.74) is 0.791. The molecule has 1 aromatic carbocycles. The molecular weight excluding hydrogens is 396 g/mol. The molecule has 4 rings (SSSR count). The Bertz CT molecular complexity index is 1190. The second kappa shape index (κ2) is 7.91. The van der Waals surface area contributed by atoms with Crippen LogP contribution < -0.4 is 15.6 Å². The number of pyridine rings is 1. The largest absolute Gasteiger partial charge is 0.497 e. The van der Waals surface area contributed by atoms with Gasteiger partial charge < -0.3 is 14.5 Å². The number of Topliss-reactive ketones (excluding diaryl/α,β-unsaturated/α-hetero) is 1. The lowest BCUT2D eigenvalue weighted by atomic mass is 9.75. The number of hydrogen-bond donors (Lipinski definition) is 1. The number of hydrogen-bond acceptors (Lipinski definition) is 5. The zero-order valence-electron chi connectivity index (χ0n) is 17.7. The lowest BCUT2D eigenvalue weighted by Gasteiger charge is -2.32. The number of nitrogens with one attached hydrogen (secondary N) is 1. The van der Waals surface area contributed by atoms with Crippen LogP contribution in [-0.2, 0) is 13.0 Å². The number of nitrogens with zero attached hydrogens (tertiary/aromatic N) is 1. The maximum absolute atomic E-state index is 13.5. The highest BCUT2D eigenvalue weighted by Gasteiger charge is 2.35. The van der Waals surface area contributed by atoms with Crippen LogP contribution in [0.1, 0.15) is 52.4 Å². The Labute approximate surface area is 179 Å². The van der Waals surface area contributed by atoms with Gasteiger partial charge in [0.15, 0.2) is 5.78 Å². The van der Waals surface area contributed by atoms with Crippen molar-refractivity contribution < 1.29 is 18.7 Å². The Morgan fingerprint density at radius 1 is 1.16 bits per heavy atom. The summed E-state index contributed by atoms with van der Waals surface area (Å²) in [7, 11) is 1.56. The normalized spacial score (nSPS) is 14.7. The second-order valence-electron chi connectivity index (χ2n) is 8.46. The Kier molecular flexibility index (Phi) is 5.27. The molecule has 2 heterocycles. The summed E-state index contributed by atoms with van der Waals surface area (Å²) >= 11 is 0. The van der Waals surface area contributed by atoms with Crippen molar-refractivity contribution in [3.63, 3.8) is 0 Å². The average molecular weight is 420 g/mol. The molecular formula is C24H24N2O5. The van der Waals surface area contributed by atoms with E-state index in [0.717, 1.165) is 0 Å². The molecule has 1 N–H and O–H groups in total. The molecule has 160 valence electrons. The smallest absolute Gasteiger partial charge is 0.268 e. The molecule has 0 fully saturated rings. The fraction of sp³-hybridized carbons (Fsp3) is 0.292. The minimum Gasteiger partial charge on any atom is -0.497 e. The Hall–Kier alpha value is -3.61. The topological polar surface area (TPSA) is 90.5 Å². The van der Waals surface area contributed by atoms with Crippen LogP contribution in [0.2, 0.25) is 0 Å². The molecule has 1 aliphatic carbocycles. The highest BCUT2D eigenvalue weighted by Crippen LogP contribution is 2.35. The minimum atomic E-state index is -0.552. The number of fused-ring (bicyclic) bond motifs is 1. The molecule has 0 spiro atoms. The molecule has 1 amide bonds. The molecule has 31 heavy (non-hydrogen) atoms. The zero-order chi connectivity index (χ0) is 22.2. The number of carbonyl (C=O) groups excluding carboxylic acids is 2. The molecule has 1 aliphatic rings. The molecule has 0 radical (unpaired) electrons. The van der Waals surface area contributed by atoms with Gasteiger partial charge in [0.05, 0.1) is 19.9 Å². The van der Waals surface area contributed by atoms with E-state index in [0.29, 0.717) is 41.3 Å². The van der Waals surface area contributed by atoms with Gasteiger partial charge in [0.2, 0.25) is 0 Å². The van der Waals surface area contributed by atoms with Crippen LogP contribution >= 0.6 is 0 Å². The lowest BCUT2D eigenvalue weighted by Crippen LogP contribution is -2.38. The summed E-state index contributed by atoms with van der Waals surface area (Å²) < 4.78 is 11.9. The van der Waals surface area contributed by atoms with Gasteiger partial charge >= 0.3 is 0 Å². The van der Waals surface area contributed by atoms with E-state index in [1.54, 1.807) is 43.5 Å². The molecule has 2 aromatic heterocycles.